The first-order valence-electron chi connectivity index (χ1n) is 6.73. The van der Waals surface area contributed by atoms with Crippen LogP contribution in [0.1, 0.15) is 38.8 Å². The summed E-state index contributed by atoms with van der Waals surface area (Å²) >= 11 is 0. The van der Waals surface area contributed by atoms with Gasteiger partial charge >= 0.3 is 0 Å². The molecule has 1 atom stereocenters. The van der Waals surface area contributed by atoms with E-state index in [1.807, 2.05) is 19.1 Å². The van der Waals surface area contributed by atoms with Crippen LogP contribution in [0.5, 0.6) is 0 Å². The number of nitro groups is 1. The van der Waals surface area contributed by atoms with E-state index >= 15 is 0 Å². The van der Waals surface area contributed by atoms with Gasteiger partial charge < -0.3 is 5.32 Å². The van der Waals surface area contributed by atoms with Crippen molar-refractivity contribution in [3.63, 3.8) is 0 Å². The summed E-state index contributed by atoms with van der Waals surface area (Å²) in [5.74, 6) is 0. The molecule has 1 unspecified atom stereocenters. The van der Waals surface area contributed by atoms with Crippen LogP contribution in [0.15, 0.2) is 18.2 Å². The third-order valence-corrected chi connectivity index (χ3v) is 3.36. The van der Waals surface area contributed by atoms with E-state index in [1.165, 1.54) is 0 Å². The average molecular weight is 264 g/mol. The van der Waals surface area contributed by atoms with Crippen molar-refractivity contribution < 1.29 is 4.92 Å². The number of nitrogens with zero attached hydrogens (tertiary/aromatic N) is 1. The molecule has 0 saturated carbocycles. The molecule has 1 rings (SSSR count). The SMILES string of the molecule is CCNC(Cc1ccc(C)cc1[N+](=O)[O-])C(C)(C)C. The highest BCUT2D eigenvalue weighted by molar-refractivity contribution is 5.43. The van der Waals surface area contributed by atoms with Gasteiger partial charge in [0.15, 0.2) is 0 Å². The van der Waals surface area contributed by atoms with E-state index < -0.39 is 0 Å². The van der Waals surface area contributed by atoms with Gasteiger partial charge in [0.05, 0.1) is 4.92 Å². The molecule has 0 spiro atoms. The molecule has 0 amide bonds. The molecule has 1 aromatic rings. The predicted molar refractivity (Wildman–Crippen MR) is 78.5 cm³/mol. The molecule has 0 aliphatic rings. The highest BCUT2D eigenvalue weighted by Gasteiger charge is 2.26. The van der Waals surface area contributed by atoms with Crippen LogP contribution in [0.25, 0.3) is 0 Å². The molecule has 106 valence electrons. The highest BCUT2D eigenvalue weighted by Crippen LogP contribution is 2.27. The fourth-order valence-electron chi connectivity index (χ4n) is 2.17. The quantitative estimate of drug-likeness (QED) is 0.654. The molecule has 19 heavy (non-hydrogen) atoms. The lowest BCUT2D eigenvalue weighted by molar-refractivity contribution is -0.385. The molecule has 0 aliphatic carbocycles. The fraction of sp³-hybridized carbons (Fsp3) is 0.600. The molecule has 0 radical (unpaired) electrons. The summed E-state index contributed by atoms with van der Waals surface area (Å²) in [6.45, 7) is 11.3. The second kappa shape index (κ2) is 6.15. The second-order valence-corrected chi connectivity index (χ2v) is 6.07. The Hall–Kier alpha value is -1.42. The van der Waals surface area contributed by atoms with Gasteiger partial charge in [0, 0.05) is 17.7 Å². The summed E-state index contributed by atoms with van der Waals surface area (Å²) in [6.07, 6.45) is 0.675. The molecule has 4 heteroatoms. The van der Waals surface area contributed by atoms with Crippen LogP contribution in [0.4, 0.5) is 5.69 Å². The van der Waals surface area contributed by atoms with E-state index in [4.69, 9.17) is 0 Å². The van der Waals surface area contributed by atoms with E-state index in [9.17, 15) is 10.1 Å². The predicted octanol–water partition coefficient (Wildman–Crippen LogP) is 3.47. The van der Waals surface area contributed by atoms with Crippen molar-refractivity contribution in [1.82, 2.24) is 5.32 Å². The van der Waals surface area contributed by atoms with Gasteiger partial charge in [-0.3, -0.25) is 10.1 Å². The zero-order chi connectivity index (χ0) is 14.6. The number of hydrogen-bond acceptors (Lipinski definition) is 3. The first-order valence-corrected chi connectivity index (χ1v) is 6.73. The van der Waals surface area contributed by atoms with Crippen molar-refractivity contribution in [2.45, 2.75) is 47.1 Å². The van der Waals surface area contributed by atoms with E-state index in [0.717, 1.165) is 17.7 Å². The average Bonchev–Trinajstić information content (AvgIpc) is 2.29. The maximum atomic E-state index is 11.1. The molecule has 0 saturated heterocycles. The molecular formula is C15H24N2O2. The zero-order valence-corrected chi connectivity index (χ0v) is 12.5. The number of benzene rings is 1. The van der Waals surface area contributed by atoms with Crippen LogP contribution >= 0.6 is 0 Å². The van der Waals surface area contributed by atoms with E-state index in [-0.39, 0.29) is 22.1 Å². The lowest BCUT2D eigenvalue weighted by atomic mass is 9.82. The Bertz CT molecular complexity index is 450. The Morgan fingerprint density at radius 1 is 1.37 bits per heavy atom. The first kappa shape index (κ1) is 15.6. The van der Waals surface area contributed by atoms with Gasteiger partial charge in [0.1, 0.15) is 0 Å². The fourth-order valence-corrected chi connectivity index (χ4v) is 2.17. The van der Waals surface area contributed by atoms with Crippen molar-refractivity contribution in [3.05, 3.63) is 39.4 Å². The number of nitro benzene ring substituents is 1. The Balaban J connectivity index is 3.06. The molecule has 0 aromatic heterocycles. The third-order valence-electron chi connectivity index (χ3n) is 3.36. The Labute approximate surface area is 115 Å². The minimum Gasteiger partial charge on any atom is -0.313 e. The largest absolute Gasteiger partial charge is 0.313 e. The van der Waals surface area contributed by atoms with Gasteiger partial charge in [0.25, 0.3) is 5.69 Å². The minimum absolute atomic E-state index is 0.0643. The van der Waals surface area contributed by atoms with Crippen LogP contribution in [-0.2, 0) is 6.42 Å². The van der Waals surface area contributed by atoms with E-state index in [1.54, 1.807) is 6.07 Å². The monoisotopic (exact) mass is 264 g/mol. The number of rotatable bonds is 5. The molecule has 0 aliphatic heterocycles. The summed E-state index contributed by atoms with van der Waals surface area (Å²) in [5, 5.41) is 14.6. The summed E-state index contributed by atoms with van der Waals surface area (Å²) in [7, 11) is 0. The van der Waals surface area contributed by atoms with Crippen LogP contribution in [0.3, 0.4) is 0 Å². The molecular weight excluding hydrogens is 240 g/mol. The van der Waals surface area contributed by atoms with Gasteiger partial charge in [-0.05, 0) is 30.9 Å². The maximum absolute atomic E-state index is 11.1. The lowest BCUT2D eigenvalue weighted by Gasteiger charge is -2.31. The minimum atomic E-state index is -0.284. The summed E-state index contributed by atoms with van der Waals surface area (Å²) in [5.41, 5.74) is 2.02. The van der Waals surface area contributed by atoms with Gasteiger partial charge in [-0.15, -0.1) is 0 Å². The van der Waals surface area contributed by atoms with Crippen LogP contribution in [0.2, 0.25) is 0 Å². The lowest BCUT2D eigenvalue weighted by Crippen LogP contribution is -2.42. The van der Waals surface area contributed by atoms with Crippen molar-refractivity contribution in [3.8, 4) is 0 Å². The van der Waals surface area contributed by atoms with Crippen LogP contribution in [0, 0.1) is 22.5 Å². The van der Waals surface area contributed by atoms with Gasteiger partial charge in [-0.2, -0.15) is 0 Å². The number of hydrogen-bond donors (Lipinski definition) is 1. The topological polar surface area (TPSA) is 55.2 Å². The summed E-state index contributed by atoms with van der Waals surface area (Å²) in [4.78, 5) is 10.9. The maximum Gasteiger partial charge on any atom is 0.272 e. The first-order chi connectivity index (χ1) is 8.75. The van der Waals surface area contributed by atoms with Gasteiger partial charge in [-0.25, -0.2) is 0 Å². The second-order valence-electron chi connectivity index (χ2n) is 6.07. The van der Waals surface area contributed by atoms with Gasteiger partial charge in [0.2, 0.25) is 0 Å². The number of likely N-dealkylation sites (N-methyl/N-ethyl adjacent to an activating group) is 1. The molecule has 0 fully saturated rings. The number of aryl methyl sites for hydroxylation is 1. The zero-order valence-electron chi connectivity index (χ0n) is 12.5. The van der Waals surface area contributed by atoms with Crippen LogP contribution < -0.4 is 5.32 Å². The molecule has 4 nitrogen and oxygen atoms in total. The Morgan fingerprint density at radius 2 is 2.00 bits per heavy atom. The third kappa shape index (κ3) is 4.31. The molecule has 0 bridgehead atoms. The van der Waals surface area contributed by atoms with Crippen LogP contribution in [-0.4, -0.2) is 17.5 Å². The Morgan fingerprint density at radius 3 is 2.47 bits per heavy atom. The van der Waals surface area contributed by atoms with Crippen molar-refractivity contribution >= 4 is 5.69 Å². The normalized spacial score (nSPS) is 13.3. The Kier molecular flexibility index (Phi) is 5.06. The molecule has 0 heterocycles. The standard InChI is InChI=1S/C15H24N2O2/c1-6-16-14(15(3,4)5)10-12-8-7-11(2)9-13(12)17(18)19/h7-9,14,16H,6,10H2,1-5H3. The summed E-state index contributed by atoms with van der Waals surface area (Å²) < 4.78 is 0. The molecule has 1 N–H and O–H groups in total. The molecule has 1 aromatic carbocycles. The van der Waals surface area contributed by atoms with Crippen molar-refractivity contribution in [1.29, 1.82) is 0 Å². The van der Waals surface area contributed by atoms with Gasteiger partial charge in [-0.1, -0.05) is 39.8 Å². The van der Waals surface area contributed by atoms with E-state index in [2.05, 4.69) is 33.0 Å². The highest BCUT2D eigenvalue weighted by atomic mass is 16.6. The summed E-state index contributed by atoms with van der Waals surface area (Å²) in [6, 6.07) is 5.69. The van der Waals surface area contributed by atoms with Crippen molar-refractivity contribution in [2.75, 3.05) is 6.54 Å². The van der Waals surface area contributed by atoms with E-state index in [0.29, 0.717) is 6.42 Å². The smallest absolute Gasteiger partial charge is 0.272 e. The number of nitrogens with one attached hydrogen (secondary N) is 1. The van der Waals surface area contributed by atoms with Crippen molar-refractivity contribution in [2.24, 2.45) is 5.41 Å².